The molecule has 0 saturated heterocycles. The number of carboxylic acid groups (broad SMARTS) is 1. The molecule has 0 aliphatic heterocycles. The summed E-state index contributed by atoms with van der Waals surface area (Å²) in [5.41, 5.74) is 0.973. The molecule has 21 heavy (non-hydrogen) atoms. The maximum Gasteiger partial charge on any atom is 0.335 e. The van der Waals surface area contributed by atoms with Crippen LogP contribution >= 0.6 is 11.6 Å². The molecule has 0 saturated carbocycles. The second-order valence-corrected chi connectivity index (χ2v) is 6.14. The van der Waals surface area contributed by atoms with Gasteiger partial charge in [0.2, 0.25) is 0 Å². The van der Waals surface area contributed by atoms with Crippen molar-refractivity contribution in [3.63, 3.8) is 0 Å². The molecule has 0 fully saturated rings. The van der Waals surface area contributed by atoms with Gasteiger partial charge in [-0.2, -0.15) is 0 Å². The highest BCUT2D eigenvalue weighted by Crippen LogP contribution is 2.28. The minimum absolute atomic E-state index is 0.0964. The van der Waals surface area contributed by atoms with Gasteiger partial charge in [0.25, 0.3) is 0 Å². The van der Waals surface area contributed by atoms with Gasteiger partial charge >= 0.3 is 5.97 Å². The highest BCUT2D eigenvalue weighted by molar-refractivity contribution is 7.90. The van der Waals surface area contributed by atoms with Crippen LogP contribution in [-0.4, -0.2) is 22.7 Å². The minimum atomic E-state index is -1.33. The molecule has 0 aliphatic rings. The van der Waals surface area contributed by atoms with E-state index >= 15 is 0 Å². The van der Waals surface area contributed by atoms with Gasteiger partial charge in [0.1, 0.15) is 5.75 Å². The predicted molar refractivity (Wildman–Crippen MR) is 81.5 cm³/mol. The molecule has 0 aromatic heterocycles. The standard InChI is InChI=1S/C15H13ClO4S/c1-20-13-8-11(15(17)18)4-7-14(13)21(19)9-10-2-5-12(16)6-3-10/h2-8H,9H2,1H3,(H,17,18). The van der Waals surface area contributed by atoms with Gasteiger partial charge in [-0.25, -0.2) is 4.79 Å². The summed E-state index contributed by atoms with van der Waals surface area (Å²) in [6.45, 7) is 0. The van der Waals surface area contributed by atoms with Crippen molar-refractivity contribution in [1.29, 1.82) is 0 Å². The number of aromatic carboxylic acids is 1. The fourth-order valence-corrected chi connectivity index (χ4v) is 3.16. The van der Waals surface area contributed by atoms with Crippen molar-refractivity contribution in [2.45, 2.75) is 10.6 Å². The maximum absolute atomic E-state index is 12.4. The Morgan fingerprint density at radius 1 is 1.29 bits per heavy atom. The van der Waals surface area contributed by atoms with E-state index in [2.05, 4.69) is 0 Å². The summed E-state index contributed by atoms with van der Waals surface area (Å²) in [4.78, 5) is 11.4. The fraction of sp³-hybridized carbons (Fsp3) is 0.133. The van der Waals surface area contributed by atoms with Crippen LogP contribution in [0.2, 0.25) is 5.02 Å². The first-order valence-corrected chi connectivity index (χ1v) is 7.75. The molecule has 1 unspecified atom stereocenters. The molecule has 0 aliphatic carbocycles. The normalized spacial score (nSPS) is 12.0. The van der Waals surface area contributed by atoms with Gasteiger partial charge in [-0.3, -0.25) is 0 Å². The predicted octanol–water partition coefficient (Wildman–Crippen LogP) is 3.35. The summed E-state index contributed by atoms with van der Waals surface area (Å²) in [5, 5.41) is 9.57. The van der Waals surface area contributed by atoms with Gasteiger partial charge in [-0.15, -0.1) is 0 Å². The van der Waals surface area contributed by atoms with Crippen molar-refractivity contribution in [2.75, 3.05) is 7.11 Å². The zero-order valence-corrected chi connectivity index (χ0v) is 12.8. The van der Waals surface area contributed by atoms with Crippen LogP contribution in [0, 0.1) is 0 Å². The summed E-state index contributed by atoms with van der Waals surface area (Å²) in [7, 11) is 1.42. The monoisotopic (exact) mass is 324 g/mol. The molecular formula is C15H13ClO4S. The quantitative estimate of drug-likeness (QED) is 0.856. The number of methoxy groups -OCH3 is 1. The van der Waals surface area contributed by atoms with E-state index in [-0.39, 0.29) is 5.56 Å². The van der Waals surface area contributed by atoms with E-state index in [0.29, 0.717) is 21.4 Å². The summed E-state index contributed by atoms with van der Waals surface area (Å²) >= 11 is 4.47. The van der Waals surface area contributed by atoms with E-state index in [0.717, 1.165) is 5.56 Å². The van der Waals surface area contributed by atoms with Gasteiger partial charge in [0, 0.05) is 10.6 Å². The van der Waals surface area contributed by atoms with Crippen molar-refractivity contribution in [3.05, 3.63) is 58.6 Å². The number of ether oxygens (including phenoxy) is 1. The van der Waals surface area contributed by atoms with Gasteiger partial charge in [-0.1, -0.05) is 23.7 Å². The van der Waals surface area contributed by atoms with Crippen LogP contribution in [0.1, 0.15) is 15.9 Å². The number of benzene rings is 2. The highest BCUT2D eigenvalue weighted by Gasteiger charge is 2.19. The molecular weight excluding hydrogens is 312 g/mol. The number of hydrogen-bond donors (Lipinski definition) is 1. The first-order chi connectivity index (χ1) is 10.0. The van der Waals surface area contributed by atoms with Crippen LogP contribution < -0.4 is 4.74 Å². The third-order valence-corrected chi connectivity index (χ3v) is 4.54. The van der Waals surface area contributed by atoms with Gasteiger partial charge in [0.15, 0.2) is 10.6 Å². The number of halogens is 1. The van der Waals surface area contributed by atoms with Crippen LogP contribution in [0.15, 0.2) is 47.4 Å². The highest BCUT2D eigenvalue weighted by atomic mass is 35.5. The van der Waals surface area contributed by atoms with Crippen molar-refractivity contribution < 1.29 is 19.2 Å². The Morgan fingerprint density at radius 3 is 2.52 bits per heavy atom. The lowest BCUT2D eigenvalue weighted by Crippen LogP contribution is -2.08. The molecule has 1 N–H and O–H groups in total. The van der Waals surface area contributed by atoms with Crippen LogP contribution in [0.5, 0.6) is 5.75 Å². The zero-order valence-electron chi connectivity index (χ0n) is 11.2. The Labute approximate surface area is 130 Å². The molecule has 2 rings (SSSR count). The van der Waals surface area contributed by atoms with Crippen molar-refractivity contribution >= 4 is 28.7 Å². The van der Waals surface area contributed by atoms with Gasteiger partial charge < -0.3 is 14.4 Å². The summed E-state index contributed by atoms with van der Waals surface area (Å²) in [5.74, 6) is -0.439. The summed E-state index contributed by atoms with van der Waals surface area (Å²) in [6.07, 6.45) is 0. The van der Waals surface area contributed by atoms with Crippen LogP contribution in [0.4, 0.5) is 0 Å². The largest absolute Gasteiger partial charge is 0.611 e. The number of hydrogen-bond acceptors (Lipinski definition) is 3. The lowest BCUT2D eigenvalue weighted by atomic mass is 10.2. The van der Waals surface area contributed by atoms with E-state index in [1.54, 1.807) is 24.3 Å². The van der Waals surface area contributed by atoms with E-state index < -0.39 is 17.1 Å². The first-order valence-electron chi connectivity index (χ1n) is 6.05. The fourth-order valence-electron chi connectivity index (χ4n) is 1.80. The topological polar surface area (TPSA) is 69.6 Å². The molecule has 110 valence electrons. The molecule has 6 heteroatoms. The third-order valence-electron chi connectivity index (χ3n) is 2.87. The van der Waals surface area contributed by atoms with Crippen molar-refractivity contribution in [1.82, 2.24) is 0 Å². The average molecular weight is 325 g/mol. The van der Waals surface area contributed by atoms with Crippen LogP contribution in [-0.2, 0) is 16.9 Å². The summed E-state index contributed by atoms with van der Waals surface area (Å²) in [6, 6.07) is 11.4. The van der Waals surface area contributed by atoms with E-state index in [4.69, 9.17) is 21.4 Å². The first kappa shape index (κ1) is 15.7. The Balaban J connectivity index is 2.23. The second kappa shape index (κ2) is 6.85. The van der Waals surface area contributed by atoms with Crippen molar-refractivity contribution in [2.24, 2.45) is 0 Å². The smallest absolute Gasteiger partial charge is 0.335 e. The molecule has 0 radical (unpaired) electrons. The zero-order chi connectivity index (χ0) is 15.4. The van der Waals surface area contributed by atoms with E-state index in [9.17, 15) is 9.35 Å². The lowest BCUT2D eigenvalue weighted by Gasteiger charge is -2.14. The van der Waals surface area contributed by atoms with Crippen molar-refractivity contribution in [3.8, 4) is 5.75 Å². The maximum atomic E-state index is 12.4. The van der Waals surface area contributed by atoms with Crippen LogP contribution in [0.3, 0.4) is 0 Å². The number of carboxylic acids is 1. The van der Waals surface area contributed by atoms with E-state index in [1.165, 1.54) is 25.3 Å². The molecule has 1 atom stereocenters. The molecule has 0 heterocycles. The van der Waals surface area contributed by atoms with Gasteiger partial charge in [0.05, 0.1) is 12.7 Å². The minimum Gasteiger partial charge on any atom is -0.611 e. The Kier molecular flexibility index (Phi) is 5.12. The Bertz CT molecular complexity index is 643. The summed E-state index contributed by atoms with van der Waals surface area (Å²) < 4.78 is 17.5. The Hall–Kier alpha value is -1.69. The molecule has 2 aromatic rings. The SMILES string of the molecule is COc1cc(C(=O)O)ccc1[S+]([O-])Cc1ccc(Cl)cc1. The van der Waals surface area contributed by atoms with Gasteiger partial charge in [-0.05, 0) is 41.5 Å². The molecule has 0 bridgehead atoms. The Morgan fingerprint density at radius 2 is 1.95 bits per heavy atom. The molecule has 0 amide bonds. The number of rotatable bonds is 5. The van der Waals surface area contributed by atoms with E-state index in [1.807, 2.05) is 0 Å². The molecule has 2 aromatic carbocycles. The number of carbonyl (C=O) groups is 1. The lowest BCUT2D eigenvalue weighted by molar-refractivity contribution is 0.0696. The van der Waals surface area contributed by atoms with Crippen LogP contribution in [0.25, 0.3) is 0 Å². The average Bonchev–Trinajstić information content (AvgIpc) is 2.48. The second-order valence-electron chi connectivity index (χ2n) is 4.29. The molecule has 4 nitrogen and oxygen atoms in total. The third kappa shape index (κ3) is 3.91. The molecule has 0 spiro atoms.